The molecule has 0 N–H and O–H groups in total. The zero-order valence-corrected chi connectivity index (χ0v) is 7.85. The third-order valence-corrected chi connectivity index (χ3v) is 2.07. The maximum absolute atomic E-state index is 8.46. The molecule has 1 rings (SSSR count). The van der Waals surface area contributed by atoms with E-state index >= 15 is 0 Å². The van der Waals surface area contributed by atoms with Crippen LogP contribution in [-0.4, -0.2) is 16.2 Å². The average molecular weight is 179 g/mol. The Morgan fingerprint density at radius 1 is 1.67 bits per heavy atom. The second-order valence-corrected chi connectivity index (χ2v) is 3.08. The Hall–Kier alpha value is -1.08. The first-order valence-electron chi connectivity index (χ1n) is 3.51. The molecule has 3 nitrogen and oxygen atoms in total. The molecule has 0 bridgehead atoms. The van der Waals surface area contributed by atoms with Gasteiger partial charge in [0.1, 0.15) is 0 Å². The van der Waals surface area contributed by atoms with Crippen LogP contribution < -0.4 is 0 Å². The SMILES string of the molecule is CSc1ncc(CC#N)c(C)n1. The number of hydrogen-bond acceptors (Lipinski definition) is 4. The van der Waals surface area contributed by atoms with E-state index in [-0.39, 0.29) is 0 Å². The summed E-state index contributed by atoms with van der Waals surface area (Å²) in [6.45, 7) is 1.90. The van der Waals surface area contributed by atoms with Gasteiger partial charge >= 0.3 is 0 Å². The highest BCUT2D eigenvalue weighted by atomic mass is 32.2. The van der Waals surface area contributed by atoms with Crippen LogP contribution in [0.25, 0.3) is 0 Å². The molecule has 0 aromatic carbocycles. The Balaban J connectivity index is 2.97. The topological polar surface area (TPSA) is 49.6 Å². The third kappa shape index (κ3) is 1.95. The van der Waals surface area contributed by atoms with Crippen LogP contribution in [0.1, 0.15) is 11.3 Å². The molecule has 1 heterocycles. The van der Waals surface area contributed by atoms with E-state index in [2.05, 4.69) is 16.0 Å². The van der Waals surface area contributed by atoms with Crippen LogP contribution in [0.3, 0.4) is 0 Å². The Kier molecular flexibility index (Phi) is 3.06. The van der Waals surface area contributed by atoms with E-state index in [1.54, 1.807) is 6.20 Å². The third-order valence-electron chi connectivity index (χ3n) is 1.51. The highest BCUT2D eigenvalue weighted by Crippen LogP contribution is 2.11. The van der Waals surface area contributed by atoms with E-state index in [1.165, 1.54) is 11.8 Å². The van der Waals surface area contributed by atoms with Crippen molar-refractivity contribution < 1.29 is 0 Å². The van der Waals surface area contributed by atoms with Crippen LogP contribution in [-0.2, 0) is 6.42 Å². The van der Waals surface area contributed by atoms with Crippen LogP contribution in [0.2, 0.25) is 0 Å². The van der Waals surface area contributed by atoms with Gasteiger partial charge < -0.3 is 0 Å². The molecule has 0 spiro atoms. The zero-order valence-electron chi connectivity index (χ0n) is 7.03. The molecule has 0 unspecified atom stereocenters. The summed E-state index contributed by atoms with van der Waals surface area (Å²) < 4.78 is 0. The molecule has 0 saturated carbocycles. The van der Waals surface area contributed by atoms with E-state index in [4.69, 9.17) is 5.26 Å². The molecule has 1 aromatic rings. The summed E-state index contributed by atoms with van der Waals surface area (Å²) in [4.78, 5) is 8.29. The van der Waals surface area contributed by atoms with E-state index in [9.17, 15) is 0 Å². The van der Waals surface area contributed by atoms with Crippen LogP contribution in [0.4, 0.5) is 0 Å². The van der Waals surface area contributed by atoms with E-state index in [1.807, 2.05) is 13.2 Å². The van der Waals surface area contributed by atoms with Crippen molar-refractivity contribution in [2.45, 2.75) is 18.5 Å². The maximum atomic E-state index is 8.46. The Bertz CT molecular complexity index is 317. The number of hydrogen-bond donors (Lipinski definition) is 0. The first-order chi connectivity index (χ1) is 5.77. The van der Waals surface area contributed by atoms with E-state index in [0.29, 0.717) is 6.42 Å². The fraction of sp³-hybridized carbons (Fsp3) is 0.375. The van der Waals surface area contributed by atoms with Gasteiger partial charge in [-0.15, -0.1) is 0 Å². The van der Waals surface area contributed by atoms with Gasteiger partial charge in [-0.25, -0.2) is 9.97 Å². The minimum absolute atomic E-state index is 0.389. The van der Waals surface area contributed by atoms with Crippen molar-refractivity contribution in [1.29, 1.82) is 5.26 Å². The van der Waals surface area contributed by atoms with Crippen molar-refractivity contribution in [1.82, 2.24) is 9.97 Å². The number of rotatable bonds is 2. The summed E-state index contributed by atoms with van der Waals surface area (Å²) in [6, 6.07) is 2.08. The minimum atomic E-state index is 0.389. The second kappa shape index (κ2) is 4.07. The number of thioether (sulfide) groups is 1. The van der Waals surface area contributed by atoms with Gasteiger partial charge in [0.25, 0.3) is 0 Å². The van der Waals surface area contributed by atoms with Crippen molar-refractivity contribution in [2.24, 2.45) is 0 Å². The summed E-state index contributed by atoms with van der Waals surface area (Å²) in [5, 5.41) is 9.22. The van der Waals surface area contributed by atoms with Crippen molar-refractivity contribution in [3.8, 4) is 6.07 Å². The molecule has 1 aromatic heterocycles. The molecule has 0 amide bonds. The standard InChI is InChI=1S/C8H9N3S/c1-6-7(3-4-9)5-10-8(11-6)12-2/h5H,3H2,1-2H3. The Morgan fingerprint density at radius 3 is 2.92 bits per heavy atom. The molecular weight excluding hydrogens is 170 g/mol. The predicted octanol–water partition coefficient (Wildman–Crippen LogP) is 1.57. The zero-order chi connectivity index (χ0) is 8.97. The Labute approximate surface area is 75.8 Å². The summed E-state index contributed by atoms with van der Waals surface area (Å²) in [6.07, 6.45) is 4.04. The van der Waals surface area contributed by atoms with Crippen LogP contribution in [0.5, 0.6) is 0 Å². The van der Waals surface area contributed by atoms with Crippen LogP contribution >= 0.6 is 11.8 Å². The Morgan fingerprint density at radius 2 is 2.42 bits per heavy atom. The lowest BCUT2D eigenvalue weighted by Crippen LogP contribution is -1.95. The second-order valence-electron chi connectivity index (χ2n) is 2.30. The quantitative estimate of drug-likeness (QED) is 0.511. The summed E-state index contributed by atoms with van der Waals surface area (Å²) in [5.74, 6) is 0. The highest BCUT2D eigenvalue weighted by Gasteiger charge is 2.00. The molecule has 4 heteroatoms. The molecule has 0 radical (unpaired) electrons. The molecule has 0 aliphatic heterocycles. The number of aromatic nitrogens is 2. The molecule has 0 aliphatic rings. The molecule has 12 heavy (non-hydrogen) atoms. The molecule has 0 fully saturated rings. The smallest absolute Gasteiger partial charge is 0.187 e. The van der Waals surface area contributed by atoms with E-state index in [0.717, 1.165) is 16.4 Å². The summed E-state index contributed by atoms with van der Waals surface area (Å²) in [5.41, 5.74) is 1.81. The number of nitriles is 1. The molecular formula is C8H9N3S. The van der Waals surface area contributed by atoms with Crippen molar-refractivity contribution in [2.75, 3.05) is 6.26 Å². The van der Waals surface area contributed by atoms with Gasteiger partial charge in [-0.3, -0.25) is 0 Å². The first-order valence-corrected chi connectivity index (χ1v) is 4.74. The molecule has 0 aliphatic carbocycles. The van der Waals surface area contributed by atoms with Crippen molar-refractivity contribution in [3.05, 3.63) is 17.5 Å². The van der Waals surface area contributed by atoms with Crippen LogP contribution in [0.15, 0.2) is 11.4 Å². The summed E-state index contributed by atoms with van der Waals surface area (Å²) >= 11 is 1.50. The predicted molar refractivity (Wildman–Crippen MR) is 47.9 cm³/mol. The normalized spacial score (nSPS) is 9.42. The number of aryl methyl sites for hydroxylation is 1. The fourth-order valence-electron chi connectivity index (χ4n) is 0.828. The molecule has 62 valence electrons. The van der Waals surface area contributed by atoms with Crippen molar-refractivity contribution in [3.63, 3.8) is 0 Å². The fourth-order valence-corrected chi connectivity index (χ4v) is 1.21. The lowest BCUT2D eigenvalue weighted by molar-refractivity contribution is 0.904. The van der Waals surface area contributed by atoms with Gasteiger partial charge in [0.05, 0.1) is 12.5 Å². The van der Waals surface area contributed by atoms with Gasteiger partial charge in [-0.2, -0.15) is 5.26 Å². The van der Waals surface area contributed by atoms with Gasteiger partial charge in [0, 0.05) is 17.5 Å². The largest absolute Gasteiger partial charge is 0.231 e. The lowest BCUT2D eigenvalue weighted by Gasteiger charge is -2.00. The summed E-state index contributed by atoms with van der Waals surface area (Å²) in [7, 11) is 0. The average Bonchev–Trinajstić information content (AvgIpc) is 2.09. The van der Waals surface area contributed by atoms with Crippen LogP contribution in [0, 0.1) is 18.3 Å². The molecule has 0 saturated heterocycles. The van der Waals surface area contributed by atoms with Gasteiger partial charge in [0.2, 0.25) is 0 Å². The highest BCUT2D eigenvalue weighted by molar-refractivity contribution is 7.98. The van der Waals surface area contributed by atoms with E-state index < -0.39 is 0 Å². The first kappa shape index (κ1) is 9.01. The minimum Gasteiger partial charge on any atom is -0.231 e. The number of nitrogens with zero attached hydrogens (tertiary/aromatic N) is 3. The molecule has 0 atom stereocenters. The van der Waals surface area contributed by atoms with Gasteiger partial charge in [-0.1, -0.05) is 11.8 Å². The monoisotopic (exact) mass is 179 g/mol. The lowest BCUT2D eigenvalue weighted by atomic mass is 10.2. The maximum Gasteiger partial charge on any atom is 0.187 e. The van der Waals surface area contributed by atoms with Crippen molar-refractivity contribution >= 4 is 11.8 Å². The van der Waals surface area contributed by atoms with Gasteiger partial charge in [0.15, 0.2) is 5.16 Å². The van der Waals surface area contributed by atoms with Gasteiger partial charge in [-0.05, 0) is 13.2 Å².